The van der Waals surface area contributed by atoms with Gasteiger partial charge in [0.05, 0.1) is 6.10 Å². The van der Waals surface area contributed by atoms with Crippen molar-refractivity contribution >= 4 is 36.7 Å². The largest absolute Gasteiger partial charge is 0.392 e. The van der Waals surface area contributed by atoms with Crippen LogP contribution in [-0.4, -0.2) is 69.4 Å². The second-order valence-corrected chi connectivity index (χ2v) is 5.86. The predicted molar refractivity (Wildman–Crippen MR) is 91.0 cm³/mol. The van der Waals surface area contributed by atoms with Crippen molar-refractivity contribution in [2.24, 2.45) is 11.7 Å². The van der Waals surface area contributed by atoms with Gasteiger partial charge in [-0.05, 0) is 19.3 Å². The van der Waals surface area contributed by atoms with Gasteiger partial charge in [0.25, 0.3) is 0 Å². The third-order valence-electron chi connectivity index (χ3n) is 4.50. The molecule has 1 aromatic heterocycles. The van der Waals surface area contributed by atoms with E-state index in [1.165, 1.54) is 6.33 Å². The summed E-state index contributed by atoms with van der Waals surface area (Å²) in [5.74, 6) is 0.889. The topological polar surface area (TPSA) is 111 Å². The number of aromatic nitrogens is 3. The molecule has 2 fully saturated rings. The quantitative estimate of drug-likeness (QED) is 0.667. The fourth-order valence-electron chi connectivity index (χ4n) is 3.16. The molecular formula is C13H24Cl2N6O2. The first kappa shape index (κ1) is 20.0. The number of hydrogen-bond acceptors (Lipinski definition) is 6. The minimum atomic E-state index is -0.461. The number of aliphatic hydroxyl groups excluding tert-OH is 1. The highest BCUT2D eigenvalue weighted by atomic mass is 35.5. The Kier molecular flexibility index (Phi) is 7.53. The van der Waals surface area contributed by atoms with Gasteiger partial charge in [0.2, 0.25) is 11.9 Å². The number of anilines is 1. The molecule has 4 N–H and O–H groups in total. The first-order valence-electron chi connectivity index (χ1n) is 7.48. The highest BCUT2D eigenvalue weighted by Crippen LogP contribution is 2.26. The molecule has 3 rings (SSSR count). The molecule has 2 heterocycles. The summed E-state index contributed by atoms with van der Waals surface area (Å²) in [4.78, 5) is 20.7. The Morgan fingerprint density at radius 1 is 1.26 bits per heavy atom. The van der Waals surface area contributed by atoms with Gasteiger partial charge in [-0.25, -0.2) is 5.10 Å². The highest BCUT2D eigenvalue weighted by molar-refractivity contribution is 5.85. The summed E-state index contributed by atoms with van der Waals surface area (Å²) in [6.07, 6.45) is 2.97. The summed E-state index contributed by atoms with van der Waals surface area (Å²) in [6, 6.07) is -0.275. The fourth-order valence-corrected chi connectivity index (χ4v) is 3.16. The first-order valence-corrected chi connectivity index (χ1v) is 7.48. The van der Waals surface area contributed by atoms with Crippen LogP contribution in [0, 0.1) is 5.92 Å². The smallest absolute Gasteiger partial charge is 0.225 e. The standard InChI is InChI=1S/C13H22N6O2.2ClH/c14-10-7-9(1-2-11(10)20)12(21)18-3-5-19(6-4-18)13-15-8-16-17-13;;/h8-11,20H,1-7,14H2,(H,15,16,17);2*1H/t9-,10+,11+;;/m0../s1. The van der Waals surface area contributed by atoms with E-state index in [-0.39, 0.29) is 42.7 Å². The number of hydrogen-bond donors (Lipinski definition) is 3. The molecule has 1 saturated heterocycles. The maximum absolute atomic E-state index is 12.5. The predicted octanol–water partition coefficient (Wildman–Crippen LogP) is -0.215. The van der Waals surface area contributed by atoms with Crippen molar-refractivity contribution < 1.29 is 9.90 Å². The Labute approximate surface area is 147 Å². The van der Waals surface area contributed by atoms with E-state index >= 15 is 0 Å². The van der Waals surface area contributed by atoms with Crippen LogP contribution in [0.3, 0.4) is 0 Å². The van der Waals surface area contributed by atoms with Gasteiger partial charge in [0, 0.05) is 38.1 Å². The number of aromatic amines is 1. The normalized spacial score (nSPS) is 27.8. The van der Waals surface area contributed by atoms with Crippen molar-refractivity contribution in [3.05, 3.63) is 6.33 Å². The van der Waals surface area contributed by atoms with E-state index in [2.05, 4.69) is 20.1 Å². The van der Waals surface area contributed by atoms with E-state index in [4.69, 9.17) is 5.73 Å². The van der Waals surface area contributed by atoms with Crippen molar-refractivity contribution in [1.82, 2.24) is 20.1 Å². The van der Waals surface area contributed by atoms with E-state index in [1.54, 1.807) is 0 Å². The van der Waals surface area contributed by atoms with Crippen molar-refractivity contribution in [3.8, 4) is 0 Å². The summed E-state index contributed by atoms with van der Waals surface area (Å²) in [5, 5.41) is 16.3. The Morgan fingerprint density at radius 2 is 1.96 bits per heavy atom. The minimum absolute atomic E-state index is 0. The van der Waals surface area contributed by atoms with Crippen LogP contribution in [0.2, 0.25) is 0 Å². The Balaban J connectivity index is 0.00000132. The highest BCUT2D eigenvalue weighted by Gasteiger charge is 2.34. The molecule has 2 aliphatic rings. The Bertz CT molecular complexity index is 481. The minimum Gasteiger partial charge on any atom is -0.392 e. The lowest BCUT2D eigenvalue weighted by atomic mass is 9.83. The lowest BCUT2D eigenvalue weighted by Gasteiger charge is -2.38. The van der Waals surface area contributed by atoms with Gasteiger partial charge in [-0.3, -0.25) is 4.79 Å². The second kappa shape index (κ2) is 8.68. The average Bonchev–Trinajstić information content (AvgIpc) is 3.04. The molecule has 0 bridgehead atoms. The molecule has 0 aromatic carbocycles. The number of H-pyrrole nitrogens is 1. The molecular weight excluding hydrogens is 343 g/mol. The molecule has 1 saturated carbocycles. The van der Waals surface area contributed by atoms with Crippen LogP contribution >= 0.6 is 24.8 Å². The van der Waals surface area contributed by atoms with Crippen LogP contribution in [0.1, 0.15) is 19.3 Å². The van der Waals surface area contributed by atoms with Gasteiger partial charge >= 0.3 is 0 Å². The molecule has 1 aliphatic carbocycles. The summed E-state index contributed by atoms with van der Waals surface area (Å²) >= 11 is 0. The van der Waals surface area contributed by atoms with E-state index < -0.39 is 6.10 Å². The molecule has 0 radical (unpaired) electrons. The van der Waals surface area contributed by atoms with E-state index in [9.17, 15) is 9.90 Å². The van der Waals surface area contributed by atoms with Gasteiger partial charge in [-0.1, -0.05) is 0 Å². The summed E-state index contributed by atoms with van der Waals surface area (Å²) in [7, 11) is 0. The van der Waals surface area contributed by atoms with Crippen molar-refractivity contribution in [2.75, 3.05) is 31.1 Å². The van der Waals surface area contributed by atoms with Crippen LogP contribution in [0.5, 0.6) is 0 Å². The molecule has 1 aliphatic heterocycles. The number of carbonyl (C=O) groups is 1. The molecule has 8 nitrogen and oxygen atoms in total. The third-order valence-corrected chi connectivity index (χ3v) is 4.50. The molecule has 0 spiro atoms. The number of rotatable bonds is 2. The van der Waals surface area contributed by atoms with Crippen LogP contribution in [0.4, 0.5) is 5.95 Å². The van der Waals surface area contributed by atoms with Crippen molar-refractivity contribution in [2.45, 2.75) is 31.4 Å². The Morgan fingerprint density at radius 3 is 2.52 bits per heavy atom. The van der Waals surface area contributed by atoms with Crippen LogP contribution in [0.25, 0.3) is 0 Å². The summed E-state index contributed by atoms with van der Waals surface area (Å²) < 4.78 is 0. The van der Waals surface area contributed by atoms with Gasteiger partial charge < -0.3 is 20.6 Å². The SMILES string of the molecule is Cl.Cl.N[C@@H]1C[C@@H](C(=O)N2CCN(c3ncn[nH]3)CC2)CC[C@H]1O. The van der Waals surface area contributed by atoms with Gasteiger partial charge in [0.1, 0.15) is 6.33 Å². The maximum atomic E-state index is 12.5. The number of nitrogens with zero attached hydrogens (tertiary/aromatic N) is 4. The number of nitrogens with two attached hydrogens (primary N) is 1. The van der Waals surface area contributed by atoms with Crippen LogP contribution in [-0.2, 0) is 4.79 Å². The van der Waals surface area contributed by atoms with Crippen molar-refractivity contribution in [1.29, 1.82) is 0 Å². The number of aliphatic hydroxyl groups is 1. The van der Waals surface area contributed by atoms with Gasteiger partial charge in [0.15, 0.2) is 0 Å². The summed E-state index contributed by atoms with van der Waals surface area (Å²) in [6.45, 7) is 2.88. The Hall–Kier alpha value is -1.09. The zero-order valence-electron chi connectivity index (χ0n) is 12.8. The number of nitrogens with one attached hydrogen (secondary N) is 1. The fraction of sp³-hybridized carbons (Fsp3) is 0.769. The van der Waals surface area contributed by atoms with Gasteiger partial charge in [-0.2, -0.15) is 10.1 Å². The lowest BCUT2D eigenvalue weighted by molar-refractivity contribution is -0.137. The molecule has 1 amide bonds. The number of piperazine rings is 1. The molecule has 132 valence electrons. The second-order valence-electron chi connectivity index (χ2n) is 5.86. The van der Waals surface area contributed by atoms with Crippen molar-refractivity contribution in [3.63, 3.8) is 0 Å². The van der Waals surface area contributed by atoms with Crippen LogP contribution in [0.15, 0.2) is 6.33 Å². The number of halogens is 2. The maximum Gasteiger partial charge on any atom is 0.225 e. The molecule has 1 aromatic rings. The summed E-state index contributed by atoms with van der Waals surface area (Å²) in [5.41, 5.74) is 5.87. The molecule has 3 atom stereocenters. The molecule has 10 heteroatoms. The zero-order chi connectivity index (χ0) is 14.8. The average molecular weight is 367 g/mol. The van der Waals surface area contributed by atoms with E-state index in [0.29, 0.717) is 25.9 Å². The number of carbonyl (C=O) groups excluding carboxylic acids is 1. The third kappa shape index (κ3) is 4.47. The zero-order valence-corrected chi connectivity index (χ0v) is 14.4. The molecule has 0 unspecified atom stereocenters. The van der Waals surface area contributed by atoms with Crippen LogP contribution < -0.4 is 10.6 Å². The lowest BCUT2D eigenvalue weighted by Crippen LogP contribution is -2.52. The number of amides is 1. The first-order chi connectivity index (χ1) is 10.1. The van der Waals surface area contributed by atoms with E-state index in [0.717, 1.165) is 25.5 Å². The monoisotopic (exact) mass is 366 g/mol. The van der Waals surface area contributed by atoms with E-state index in [1.807, 2.05) is 4.90 Å². The van der Waals surface area contributed by atoms with Gasteiger partial charge in [-0.15, -0.1) is 24.8 Å². The molecule has 23 heavy (non-hydrogen) atoms.